The van der Waals surface area contributed by atoms with Gasteiger partial charge >= 0.3 is 5.97 Å². The highest BCUT2D eigenvalue weighted by Gasteiger charge is 2.45. The molecule has 2 aliphatic carbocycles. The molecule has 0 saturated carbocycles. The van der Waals surface area contributed by atoms with Crippen LogP contribution in [0.2, 0.25) is 0 Å². The van der Waals surface area contributed by atoms with Crippen molar-refractivity contribution >= 4 is 33.5 Å². The maximum Gasteiger partial charge on any atom is 0.343 e. The van der Waals surface area contributed by atoms with Crippen LogP contribution in [-0.2, 0) is 0 Å². The number of carbonyl (C=O) groups is 3. The van der Waals surface area contributed by atoms with Crippen LogP contribution in [0.25, 0.3) is 0 Å². The highest BCUT2D eigenvalue weighted by Crippen LogP contribution is 2.43. The largest absolute Gasteiger partial charge is 0.497 e. The summed E-state index contributed by atoms with van der Waals surface area (Å²) in [6.45, 7) is 1.42. The smallest absolute Gasteiger partial charge is 0.343 e. The zero-order chi connectivity index (χ0) is 22.5. The first-order valence-electron chi connectivity index (χ1n) is 9.54. The summed E-state index contributed by atoms with van der Waals surface area (Å²) in [5.74, 6) is -1.53. The van der Waals surface area contributed by atoms with Gasteiger partial charge in [-0.1, -0.05) is 15.9 Å². The van der Waals surface area contributed by atoms with E-state index in [2.05, 4.69) is 15.9 Å². The summed E-state index contributed by atoms with van der Waals surface area (Å²) in [6, 6.07) is 9.27. The van der Waals surface area contributed by atoms with Gasteiger partial charge in [0, 0.05) is 40.1 Å². The first kappa shape index (κ1) is 21.4. The molecule has 0 aromatic heterocycles. The molecule has 0 unspecified atom stereocenters. The van der Waals surface area contributed by atoms with Gasteiger partial charge in [-0.2, -0.15) is 0 Å². The van der Waals surface area contributed by atoms with E-state index in [1.165, 1.54) is 26.2 Å². The normalized spacial score (nSPS) is 22.7. The van der Waals surface area contributed by atoms with Crippen LogP contribution in [0.4, 0.5) is 0 Å². The van der Waals surface area contributed by atoms with Crippen LogP contribution in [0.15, 0.2) is 52.0 Å². The predicted molar refractivity (Wildman–Crippen MR) is 114 cm³/mol. The van der Waals surface area contributed by atoms with E-state index in [0.717, 1.165) is 4.47 Å². The Balaban J connectivity index is 1.79. The molecule has 0 bridgehead atoms. The maximum atomic E-state index is 13.3. The molecule has 0 heterocycles. The lowest BCUT2D eigenvalue weighted by Gasteiger charge is -2.37. The van der Waals surface area contributed by atoms with Gasteiger partial charge in [0.2, 0.25) is 0 Å². The number of halogens is 1. The predicted octanol–water partition coefficient (Wildman–Crippen LogP) is 3.26. The minimum absolute atomic E-state index is 0.0360. The number of hydrogen-bond acceptors (Lipinski definition) is 7. The maximum absolute atomic E-state index is 13.3. The van der Waals surface area contributed by atoms with Gasteiger partial charge in [-0.05, 0) is 37.3 Å². The SMILES string of the molecule is COc1cc(OC(=O)c2ccc(Br)cc2)c2c(c1)C(=O)C1=C(C[C@H](O)[C@](C)(O)C1)C2=O. The fourth-order valence-corrected chi connectivity index (χ4v) is 4.09. The summed E-state index contributed by atoms with van der Waals surface area (Å²) in [6.07, 6.45) is -1.52. The van der Waals surface area contributed by atoms with Gasteiger partial charge in [-0.25, -0.2) is 4.79 Å². The van der Waals surface area contributed by atoms with Crippen molar-refractivity contribution in [2.75, 3.05) is 7.11 Å². The molecule has 8 heteroatoms. The van der Waals surface area contributed by atoms with Gasteiger partial charge in [0.1, 0.15) is 11.5 Å². The van der Waals surface area contributed by atoms with E-state index in [4.69, 9.17) is 9.47 Å². The van der Waals surface area contributed by atoms with Crippen molar-refractivity contribution in [3.63, 3.8) is 0 Å². The van der Waals surface area contributed by atoms with Crippen molar-refractivity contribution in [2.24, 2.45) is 0 Å². The van der Waals surface area contributed by atoms with E-state index >= 15 is 0 Å². The zero-order valence-corrected chi connectivity index (χ0v) is 18.4. The zero-order valence-electron chi connectivity index (χ0n) is 16.8. The molecular weight excluding hydrogens is 468 g/mol. The van der Waals surface area contributed by atoms with Crippen molar-refractivity contribution in [3.05, 3.63) is 68.7 Å². The minimum Gasteiger partial charge on any atom is -0.497 e. The first-order chi connectivity index (χ1) is 14.6. The standard InChI is InChI=1S/C23H19BrO7/c1-23(29)10-16-14(9-18(23)25)21(27)19-15(20(16)26)7-13(30-2)8-17(19)31-22(28)11-3-5-12(24)6-4-11/h3-8,18,25,29H,9-10H2,1-2H3/t18-,23+/m0/s1. The molecule has 0 saturated heterocycles. The van der Waals surface area contributed by atoms with E-state index in [9.17, 15) is 24.6 Å². The van der Waals surface area contributed by atoms with Crippen molar-refractivity contribution < 1.29 is 34.1 Å². The van der Waals surface area contributed by atoms with E-state index in [-0.39, 0.29) is 52.2 Å². The Bertz CT molecular complexity index is 1150. The van der Waals surface area contributed by atoms with E-state index in [0.29, 0.717) is 0 Å². The molecule has 7 nitrogen and oxygen atoms in total. The first-order valence-corrected chi connectivity index (χ1v) is 10.3. The summed E-state index contributed by atoms with van der Waals surface area (Å²) in [4.78, 5) is 39.2. The molecule has 0 fully saturated rings. The van der Waals surface area contributed by atoms with Gasteiger partial charge in [0.05, 0.1) is 29.9 Å². The topological polar surface area (TPSA) is 110 Å². The van der Waals surface area contributed by atoms with Gasteiger partial charge in [0.25, 0.3) is 0 Å². The number of benzene rings is 2. The molecule has 0 amide bonds. The Morgan fingerprint density at radius 1 is 1.13 bits per heavy atom. The van der Waals surface area contributed by atoms with Crippen LogP contribution in [0.1, 0.15) is 50.8 Å². The van der Waals surface area contributed by atoms with E-state index < -0.39 is 29.2 Å². The lowest BCUT2D eigenvalue weighted by Crippen LogP contribution is -2.46. The van der Waals surface area contributed by atoms with Crippen molar-refractivity contribution in [3.8, 4) is 11.5 Å². The molecule has 2 atom stereocenters. The van der Waals surface area contributed by atoms with Gasteiger partial charge in [-0.3, -0.25) is 9.59 Å². The Morgan fingerprint density at radius 3 is 2.45 bits per heavy atom. The number of hydrogen-bond donors (Lipinski definition) is 2. The molecule has 4 rings (SSSR count). The molecule has 0 spiro atoms. The highest BCUT2D eigenvalue weighted by molar-refractivity contribution is 9.10. The van der Waals surface area contributed by atoms with Crippen LogP contribution in [0.3, 0.4) is 0 Å². The number of methoxy groups -OCH3 is 1. The summed E-state index contributed by atoms with van der Waals surface area (Å²) in [7, 11) is 1.39. The third-order valence-corrected chi connectivity index (χ3v) is 6.16. The number of rotatable bonds is 3. The molecular formula is C23H19BrO7. The van der Waals surface area contributed by atoms with Gasteiger partial charge in [-0.15, -0.1) is 0 Å². The van der Waals surface area contributed by atoms with Gasteiger partial charge in [0.15, 0.2) is 11.6 Å². The summed E-state index contributed by atoms with van der Waals surface area (Å²) >= 11 is 3.30. The molecule has 2 N–H and O–H groups in total. The molecule has 2 aromatic rings. The number of aliphatic hydroxyl groups is 2. The Labute approximate surface area is 186 Å². The fourth-order valence-electron chi connectivity index (χ4n) is 3.83. The number of carbonyl (C=O) groups excluding carboxylic acids is 3. The number of aliphatic hydroxyl groups excluding tert-OH is 1. The minimum atomic E-state index is -1.53. The van der Waals surface area contributed by atoms with Crippen molar-refractivity contribution in [1.82, 2.24) is 0 Å². The Hall–Kier alpha value is -2.81. The Morgan fingerprint density at radius 2 is 1.81 bits per heavy atom. The van der Waals surface area contributed by atoms with Crippen LogP contribution in [-0.4, -0.2) is 46.6 Å². The van der Waals surface area contributed by atoms with Crippen molar-refractivity contribution in [1.29, 1.82) is 0 Å². The second kappa shape index (κ2) is 7.71. The lowest BCUT2D eigenvalue weighted by atomic mass is 9.71. The second-order valence-electron chi connectivity index (χ2n) is 7.81. The van der Waals surface area contributed by atoms with Gasteiger partial charge < -0.3 is 19.7 Å². The number of ether oxygens (including phenoxy) is 2. The average Bonchev–Trinajstić information content (AvgIpc) is 2.73. The number of esters is 1. The monoisotopic (exact) mass is 486 g/mol. The molecule has 0 radical (unpaired) electrons. The molecule has 2 aromatic carbocycles. The number of Topliss-reactive ketones (excluding diaryl/α,β-unsaturated/α-hetero) is 2. The number of ketones is 2. The van der Waals surface area contributed by atoms with Crippen LogP contribution in [0.5, 0.6) is 11.5 Å². The summed E-state index contributed by atoms with van der Waals surface area (Å²) < 4.78 is 11.5. The fraction of sp³-hybridized carbons (Fsp3) is 0.261. The number of fused-ring (bicyclic) bond motifs is 1. The van der Waals surface area contributed by atoms with Crippen molar-refractivity contribution in [2.45, 2.75) is 31.5 Å². The van der Waals surface area contributed by atoms with E-state index in [1.807, 2.05) is 0 Å². The third kappa shape index (κ3) is 3.71. The summed E-state index contributed by atoms with van der Waals surface area (Å²) in [5, 5.41) is 20.6. The summed E-state index contributed by atoms with van der Waals surface area (Å²) in [5.41, 5.74) is -0.993. The highest BCUT2D eigenvalue weighted by atomic mass is 79.9. The Kier molecular flexibility index (Phi) is 5.33. The molecule has 0 aliphatic heterocycles. The molecule has 160 valence electrons. The molecule has 2 aliphatic rings. The quantitative estimate of drug-likeness (QED) is 0.505. The van der Waals surface area contributed by atoms with Crippen LogP contribution < -0.4 is 9.47 Å². The van der Waals surface area contributed by atoms with Crippen LogP contribution >= 0.6 is 15.9 Å². The van der Waals surface area contributed by atoms with E-state index in [1.54, 1.807) is 24.3 Å². The average molecular weight is 487 g/mol. The lowest BCUT2D eigenvalue weighted by molar-refractivity contribution is -0.0651. The second-order valence-corrected chi connectivity index (χ2v) is 8.73. The third-order valence-electron chi connectivity index (χ3n) is 5.63. The van der Waals surface area contributed by atoms with Crippen LogP contribution in [0, 0.1) is 0 Å². The molecule has 31 heavy (non-hydrogen) atoms.